The lowest BCUT2D eigenvalue weighted by Gasteiger charge is -2.26. The molecular weight excluding hydrogens is 260 g/mol. The van der Waals surface area contributed by atoms with Gasteiger partial charge in [-0.2, -0.15) is 0 Å². The van der Waals surface area contributed by atoms with Gasteiger partial charge in [-0.3, -0.25) is 4.90 Å². The van der Waals surface area contributed by atoms with Crippen molar-refractivity contribution in [3.63, 3.8) is 0 Å². The van der Waals surface area contributed by atoms with Crippen LogP contribution in [0.3, 0.4) is 0 Å². The first-order valence-corrected chi connectivity index (χ1v) is 7.55. The summed E-state index contributed by atoms with van der Waals surface area (Å²) in [6.45, 7) is 5.28. The van der Waals surface area contributed by atoms with Crippen molar-refractivity contribution in [1.82, 2.24) is 4.90 Å². The monoisotopic (exact) mass is 282 g/mol. The molecule has 2 aromatic carbocycles. The Morgan fingerprint density at radius 2 is 1.67 bits per heavy atom. The zero-order valence-electron chi connectivity index (χ0n) is 12.5. The van der Waals surface area contributed by atoms with E-state index in [0.717, 1.165) is 18.8 Å². The average Bonchev–Trinajstić information content (AvgIpc) is 2.93. The van der Waals surface area contributed by atoms with Gasteiger partial charge in [0.25, 0.3) is 0 Å². The van der Waals surface area contributed by atoms with Crippen molar-refractivity contribution in [1.29, 1.82) is 0 Å². The van der Waals surface area contributed by atoms with Crippen molar-refractivity contribution in [3.05, 3.63) is 65.2 Å². The van der Waals surface area contributed by atoms with Crippen LogP contribution in [0.25, 0.3) is 0 Å². The van der Waals surface area contributed by atoms with E-state index in [1.165, 1.54) is 16.7 Å². The van der Waals surface area contributed by atoms with Crippen LogP contribution in [-0.4, -0.2) is 18.1 Å². The SMILES string of the molecule is CCOc1ccc(C(CN)N2Cc3ccccc3C2)cc1. The second-order valence-corrected chi connectivity index (χ2v) is 5.43. The van der Waals surface area contributed by atoms with E-state index >= 15 is 0 Å². The smallest absolute Gasteiger partial charge is 0.119 e. The average molecular weight is 282 g/mol. The topological polar surface area (TPSA) is 38.5 Å². The number of fused-ring (bicyclic) bond motifs is 1. The summed E-state index contributed by atoms with van der Waals surface area (Å²) < 4.78 is 5.51. The summed E-state index contributed by atoms with van der Waals surface area (Å²) in [4.78, 5) is 2.44. The minimum Gasteiger partial charge on any atom is -0.494 e. The lowest BCUT2D eigenvalue weighted by Crippen LogP contribution is -2.29. The summed E-state index contributed by atoms with van der Waals surface area (Å²) in [5.74, 6) is 0.918. The van der Waals surface area contributed by atoms with E-state index in [1.807, 2.05) is 19.1 Å². The van der Waals surface area contributed by atoms with Crippen LogP contribution in [0.4, 0.5) is 0 Å². The Labute approximate surface area is 126 Å². The highest BCUT2D eigenvalue weighted by Gasteiger charge is 2.25. The second-order valence-electron chi connectivity index (χ2n) is 5.43. The first kappa shape index (κ1) is 14.1. The van der Waals surface area contributed by atoms with Crippen LogP contribution in [0.5, 0.6) is 5.75 Å². The van der Waals surface area contributed by atoms with Crippen LogP contribution >= 0.6 is 0 Å². The van der Waals surface area contributed by atoms with Gasteiger partial charge in [0.1, 0.15) is 5.75 Å². The summed E-state index contributed by atoms with van der Waals surface area (Å²) in [7, 11) is 0. The first-order chi connectivity index (χ1) is 10.3. The van der Waals surface area contributed by atoms with Gasteiger partial charge in [0, 0.05) is 25.7 Å². The van der Waals surface area contributed by atoms with E-state index in [2.05, 4.69) is 41.3 Å². The highest BCUT2D eigenvalue weighted by Crippen LogP contribution is 2.31. The van der Waals surface area contributed by atoms with E-state index in [1.54, 1.807) is 0 Å². The predicted molar refractivity (Wildman–Crippen MR) is 85.1 cm³/mol. The van der Waals surface area contributed by atoms with Crippen molar-refractivity contribution in [2.24, 2.45) is 5.73 Å². The van der Waals surface area contributed by atoms with Gasteiger partial charge >= 0.3 is 0 Å². The number of rotatable bonds is 5. The van der Waals surface area contributed by atoms with E-state index in [4.69, 9.17) is 10.5 Å². The zero-order valence-corrected chi connectivity index (χ0v) is 12.5. The molecule has 0 bridgehead atoms. The Morgan fingerprint density at radius 1 is 1.05 bits per heavy atom. The molecule has 0 amide bonds. The molecule has 1 aliphatic heterocycles. The maximum Gasteiger partial charge on any atom is 0.119 e. The molecule has 2 N–H and O–H groups in total. The van der Waals surface area contributed by atoms with Gasteiger partial charge in [-0.15, -0.1) is 0 Å². The number of nitrogens with two attached hydrogens (primary N) is 1. The molecule has 1 aliphatic rings. The molecule has 3 nitrogen and oxygen atoms in total. The minimum atomic E-state index is 0.257. The van der Waals surface area contributed by atoms with Crippen LogP contribution < -0.4 is 10.5 Å². The van der Waals surface area contributed by atoms with E-state index in [9.17, 15) is 0 Å². The van der Waals surface area contributed by atoms with Crippen LogP contribution in [0.1, 0.15) is 29.7 Å². The number of hydrogen-bond donors (Lipinski definition) is 1. The molecule has 1 unspecified atom stereocenters. The molecule has 110 valence electrons. The third kappa shape index (κ3) is 2.94. The van der Waals surface area contributed by atoms with Gasteiger partial charge in [0.05, 0.1) is 6.61 Å². The van der Waals surface area contributed by atoms with Crippen LogP contribution in [-0.2, 0) is 13.1 Å². The normalized spacial score (nSPS) is 15.7. The third-order valence-corrected chi connectivity index (χ3v) is 4.11. The van der Waals surface area contributed by atoms with Gasteiger partial charge in [0.2, 0.25) is 0 Å². The van der Waals surface area contributed by atoms with Gasteiger partial charge in [0.15, 0.2) is 0 Å². The number of ether oxygens (including phenoxy) is 1. The fraction of sp³-hybridized carbons (Fsp3) is 0.333. The summed E-state index contributed by atoms with van der Waals surface area (Å²) in [6, 6.07) is 17.2. The van der Waals surface area contributed by atoms with Crippen molar-refractivity contribution >= 4 is 0 Å². The summed E-state index contributed by atoms with van der Waals surface area (Å²) in [5.41, 5.74) is 10.1. The molecule has 0 radical (unpaired) electrons. The molecule has 0 saturated carbocycles. The lowest BCUT2D eigenvalue weighted by molar-refractivity contribution is 0.205. The molecule has 1 atom stereocenters. The third-order valence-electron chi connectivity index (χ3n) is 4.11. The molecule has 21 heavy (non-hydrogen) atoms. The van der Waals surface area contributed by atoms with Crippen LogP contribution in [0.2, 0.25) is 0 Å². The van der Waals surface area contributed by atoms with Crippen molar-refractivity contribution in [3.8, 4) is 5.75 Å². The molecule has 3 rings (SSSR count). The zero-order chi connectivity index (χ0) is 14.7. The van der Waals surface area contributed by atoms with Crippen molar-refractivity contribution in [2.75, 3.05) is 13.2 Å². The van der Waals surface area contributed by atoms with Gasteiger partial charge < -0.3 is 10.5 Å². The lowest BCUT2D eigenvalue weighted by atomic mass is 10.1. The maximum atomic E-state index is 6.04. The van der Waals surface area contributed by atoms with E-state index in [-0.39, 0.29) is 6.04 Å². The Bertz CT molecular complexity index is 569. The quantitative estimate of drug-likeness (QED) is 0.916. The highest BCUT2D eigenvalue weighted by atomic mass is 16.5. The maximum absolute atomic E-state index is 6.04. The van der Waals surface area contributed by atoms with Crippen molar-refractivity contribution < 1.29 is 4.74 Å². The molecule has 0 fully saturated rings. The standard InChI is InChI=1S/C18H22N2O/c1-2-21-17-9-7-14(8-10-17)18(11-19)20-12-15-5-3-4-6-16(15)13-20/h3-10,18H,2,11-13,19H2,1H3. The number of hydrogen-bond acceptors (Lipinski definition) is 3. The Morgan fingerprint density at radius 3 is 2.19 bits per heavy atom. The summed E-state index contributed by atoms with van der Waals surface area (Å²) >= 11 is 0. The van der Waals surface area contributed by atoms with E-state index in [0.29, 0.717) is 13.2 Å². The van der Waals surface area contributed by atoms with Crippen LogP contribution in [0, 0.1) is 0 Å². The van der Waals surface area contributed by atoms with E-state index < -0.39 is 0 Å². The molecular formula is C18H22N2O. The molecule has 0 spiro atoms. The van der Waals surface area contributed by atoms with Crippen molar-refractivity contribution in [2.45, 2.75) is 26.1 Å². The van der Waals surface area contributed by atoms with Gasteiger partial charge in [-0.05, 0) is 35.7 Å². The number of nitrogens with zero attached hydrogens (tertiary/aromatic N) is 1. The first-order valence-electron chi connectivity index (χ1n) is 7.55. The Hall–Kier alpha value is -1.84. The van der Waals surface area contributed by atoms with Crippen LogP contribution in [0.15, 0.2) is 48.5 Å². The minimum absolute atomic E-state index is 0.257. The van der Waals surface area contributed by atoms with Gasteiger partial charge in [-0.25, -0.2) is 0 Å². The molecule has 0 aliphatic carbocycles. The Balaban J connectivity index is 1.77. The fourth-order valence-electron chi connectivity index (χ4n) is 3.03. The largest absolute Gasteiger partial charge is 0.494 e. The second kappa shape index (κ2) is 6.29. The Kier molecular flexibility index (Phi) is 4.23. The van der Waals surface area contributed by atoms with Gasteiger partial charge in [-0.1, -0.05) is 36.4 Å². The molecule has 2 aromatic rings. The highest BCUT2D eigenvalue weighted by molar-refractivity contribution is 5.33. The summed E-state index contributed by atoms with van der Waals surface area (Å²) in [5, 5.41) is 0. The molecule has 3 heteroatoms. The molecule has 0 saturated heterocycles. The fourth-order valence-corrected chi connectivity index (χ4v) is 3.03. The predicted octanol–water partition coefficient (Wildman–Crippen LogP) is 3.10. The molecule has 1 heterocycles. The number of benzene rings is 2. The molecule has 0 aromatic heterocycles. The summed E-state index contributed by atoms with van der Waals surface area (Å²) in [6.07, 6.45) is 0.